The summed E-state index contributed by atoms with van der Waals surface area (Å²) in [7, 11) is 0. The van der Waals surface area contributed by atoms with Crippen molar-refractivity contribution in [3.63, 3.8) is 0 Å². The van der Waals surface area contributed by atoms with E-state index >= 15 is 0 Å². The molecule has 0 nitrogen and oxygen atoms in total. The van der Waals surface area contributed by atoms with Gasteiger partial charge in [0, 0.05) is 0 Å². The maximum Gasteiger partial charge on any atom is -0.0169 e. The van der Waals surface area contributed by atoms with Crippen LogP contribution in [0.2, 0.25) is 0 Å². The van der Waals surface area contributed by atoms with Gasteiger partial charge in [0.25, 0.3) is 0 Å². The highest BCUT2D eigenvalue weighted by Gasteiger charge is 1.75. The Morgan fingerprint density at radius 1 is 0.474 bits per heavy atom. The molecule has 0 rings (SSSR count). The van der Waals surface area contributed by atoms with Crippen molar-refractivity contribution < 1.29 is 0 Å². The van der Waals surface area contributed by atoms with Gasteiger partial charge in [0.2, 0.25) is 0 Å². The first-order chi connectivity index (χ1) is 9.41. The van der Waals surface area contributed by atoms with Crippen molar-refractivity contribution in [2.75, 3.05) is 0 Å². The lowest BCUT2D eigenvalue weighted by Gasteiger charge is -1.85. The van der Waals surface area contributed by atoms with Crippen molar-refractivity contribution >= 4 is 0 Å². The van der Waals surface area contributed by atoms with Crippen LogP contribution in [0, 0.1) is 0 Å². The van der Waals surface area contributed by atoms with Crippen molar-refractivity contribution in [2.24, 2.45) is 0 Å². The molecule has 0 saturated heterocycles. The maximum atomic E-state index is 2.26. The van der Waals surface area contributed by atoms with E-state index < -0.39 is 0 Å². The fraction of sp³-hybridized carbons (Fsp3) is 0.474. The van der Waals surface area contributed by atoms with Crippen LogP contribution in [0.3, 0.4) is 0 Å². The van der Waals surface area contributed by atoms with E-state index in [9.17, 15) is 0 Å². The molecule has 0 radical (unpaired) electrons. The predicted octanol–water partition coefficient (Wildman–Crippen LogP) is 6.54. The molecule has 0 atom stereocenters. The standard InChI is InChI=1S/C19H30/c1-3-5-7-9-11-13-15-17-19-18-16-14-12-10-8-6-4-2/h5,7-8,10-11,13-14,16-17,19H,3-4,6,9,12,15,18H2,1-2H3/b7-5-,10-8-,13-11-,16-14-,19-17-. The number of unbranched alkanes of at least 4 members (excludes halogenated alkanes) is 1. The Morgan fingerprint density at radius 3 is 1.21 bits per heavy atom. The third-order valence-corrected chi connectivity index (χ3v) is 2.61. The first-order valence-electron chi connectivity index (χ1n) is 7.66. The summed E-state index contributed by atoms with van der Waals surface area (Å²) in [4.78, 5) is 0. The topological polar surface area (TPSA) is 0 Å². The van der Waals surface area contributed by atoms with Gasteiger partial charge in [0.05, 0.1) is 0 Å². The normalized spacial score (nSPS) is 13.2. The summed E-state index contributed by atoms with van der Waals surface area (Å²) in [6, 6.07) is 0. The van der Waals surface area contributed by atoms with E-state index in [0.29, 0.717) is 0 Å². The van der Waals surface area contributed by atoms with Crippen molar-refractivity contribution in [3.8, 4) is 0 Å². The molecule has 0 aromatic carbocycles. The highest BCUT2D eigenvalue weighted by molar-refractivity contribution is 5.00. The molecule has 0 bridgehead atoms. The Hall–Kier alpha value is -1.30. The van der Waals surface area contributed by atoms with Gasteiger partial charge in [0.15, 0.2) is 0 Å². The average Bonchev–Trinajstić information content (AvgIpc) is 2.43. The summed E-state index contributed by atoms with van der Waals surface area (Å²) in [5.74, 6) is 0. The molecular formula is C19H30. The minimum absolute atomic E-state index is 1.05. The lowest BCUT2D eigenvalue weighted by atomic mass is 10.2. The third kappa shape index (κ3) is 16.7. The summed E-state index contributed by atoms with van der Waals surface area (Å²) >= 11 is 0. The van der Waals surface area contributed by atoms with Crippen LogP contribution >= 0.6 is 0 Å². The van der Waals surface area contributed by atoms with Crippen LogP contribution in [-0.4, -0.2) is 0 Å². The second-order valence-electron chi connectivity index (χ2n) is 4.50. The van der Waals surface area contributed by atoms with Gasteiger partial charge in [-0.25, -0.2) is 0 Å². The number of rotatable bonds is 11. The largest absolute Gasteiger partial charge is 0.0885 e. The first-order valence-corrected chi connectivity index (χ1v) is 7.66. The van der Waals surface area contributed by atoms with E-state index in [-0.39, 0.29) is 0 Å². The van der Waals surface area contributed by atoms with Crippen LogP contribution in [0.15, 0.2) is 60.8 Å². The summed E-state index contributed by atoms with van der Waals surface area (Å²) in [5.41, 5.74) is 0. The Kier molecular flexibility index (Phi) is 15.6. The van der Waals surface area contributed by atoms with E-state index in [1.807, 2.05) is 0 Å². The third-order valence-electron chi connectivity index (χ3n) is 2.61. The molecular weight excluding hydrogens is 228 g/mol. The van der Waals surface area contributed by atoms with E-state index in [1.165, 1.54) is 12.8 Å². The second-order valence-corrected chi connectivity index (χ2v) is 4.50. The lowest BCUT2D eigenvalue weighted by Crippen LogP contribution is -1.64. The van der Waals surface area contributed by atoms with Crippen LogP contribution in [0.1, 0.15) is 58.8 Å². The summed E-state index contributed by atoms with van der Waals surface area (Å²) in [6.07, 6.45) is 30.1. The van der Waals surface area contributed by atoms with E-state index in [1.54, 1.807) is 0 Å². The summed E-state index contributed by atoms with van der Waals surface area (Å²) in [5, 5.41) is 0. The van der Waals surface area contributed by atoms with Crippen LogP contribution in [0.25, 0.3) is 0 Å². The molecule has 0 saturated carbocycles. The number of allylic oxidation sites excluding steroid dienone is 10. The average molecular weight is 258 g/mol. The molecule has 0 aliphatic heterocycles. The van der Waals surface area contributed by atoms with Crippen LogP contribution in [-0.2, 0) is 0 Å². The molecule has 0 N–H and O–H groups in total. The van der Waals surface area contributed by atoms with Gasteiger partial charge in [-0.1, -0.05) is 81.0 Å². The zero-order valence-electron chi connectivity index (χ0n) is 12.7. The molecule has 0 aliphatic rings. The van der Waals surface area contributed by atoms with E-state index in [2.05, 4.69) is 74.6 Å². The van der Waals surface area contributed by atoms with Gasteiger partial charge < -0.3 is 0 Å². The Balaban J connectivity index is 3.43. The van der Waals surface area contributed by atoms with Gasteiger partial charge in [-0.2, -0.15) is 0 Å². The molecule has 0 spiro atoms. The Labute approximate surface area is 120 Å². The minimum atomic E-state index is 1.05. The first kappa shape index (κ1) is 17.7. The van der Waals surface area contributed by atoms with Crippen molar-refractivity contribution in [1.29, 1.82) is 0 Å². The van der Waals surface area contributed by atoms with Crippen LogP contribution in [0.5, 0.6) is 0 Å². The van der Waals surface area contributed by atoms with Gasteiger partial charge in [0.1, 0.15) is 0 Å². The quantitative estimate of drug-likeness (QED) is 0.369. The fourth-order valence-corrected chi connectivity index (χ4v) is 1.54. The van der Waals surface area contributed by atoms with Crippen LogP contribution in [0.4, 0.5) is 0 Å². The zero-order chi connectivity index (χ0) is 14.0. The van der Waals surface area contributed by atoms with Gasteiger partial charge >= 0.3 is 0 Å². The second kappa shape index (κ2) is 16.7. The minimum Gasteiger partial charge on any atom is -0.0885 e. The predicted molar refractivity (Wildman–Crippen MR) is 89.4 cm³/mol. The van der Waals surface area contributed by atoms with Crippen molar-refractivity contribution in [3.05, 3.63) is 60.8 Å². The summed E-state index contributed by atoms with van der Waals surface area (Å²) < 4.78 is 0. The van der Waals surface area contributed by atoms with Gasteiger partial charge in [-0.3, -0.25) is 0 Å². The molecule has 19 heavy (non-hydrogen) atoms. The molecule has 0 fully saturated rings. The molecule has 0 unspecified atom stereocenters. The van der Waals surface area contributed by atoms with E-state index in [0.717, 1.165) is 32.1 Å². The highest BCUT2D eigenvalue weighted by atomic mass is 13.8. The maximum absolute atomic E-state index is 2.26. The monoisotopic (exact) mass is 258 g/mol. The zero-order valence-corrected chi connectivity index (χ0v) is 12.7. The molecule has 0 aliphatic carbocycles. The smallest absolute Gasteiger partial charge is 0.0169 e. The SMILES string of the molecule is CC/C=C\C/C=C\C/C=C\C/C=C\C/C=C\CCC. The molecule has 0 amide bonds. The van der Waals surface area contributed by atoms with E-state index in [4.69, 9.17) is 0 Å². The number of hydrogen-bond acceptors (Lipinski definition) is 0. The summed E-state index contributed by atoms with van der Waals surface area (Å²) in [6.45, 7) is 4.37. The molecule has 0 aromatic heterocycles. The number of hydrogen-bond donors (Lipinski definition) is 0. The van der Waals surface area contributed by atoms with Crippen molar-refractivity contribution in [2.45, 2.75) is 58.8 Å². The Morgan fingerprint density at radius 2 is 0.842 bits per heavy atom. The van der Waals surface area contributed by atoms with Crippen LogP contribution < -0.4 is 0 Å². The Bertz CT molecular complexity index is 300. The molecule has 0 heterocycles. The molecule has 0 aromatic rings. The van der Waals surface area contributed by atoms with Gasteiger partial charge in [-0.15, -0.1) is 0 Å². The molecule has 106 valence electrons. The highest BCUT2D eigenvalue weighted by Crippen LogP contribution is 1.96. The lowest BCUT2D eigenvalue weighted by molar-refractivity contribution is 0.954. The van der Waals surface area contributed by atoms with Crippen molar-refractivity contribution in [1.82, 2.24) is 0 Å². The van der Waals surface area contributed by atoms with Gasteiger partial charge in [-0.05, 0) is 38.5 Å². The molecule has 0 heteroatoms. The fourth-order valence-electron chi connectivity index (χ4n) is 1.54.